The molecular weight excluding hydrogens is 376 g/mol. The first-order chi connectivity index (χ1) is 14.7. The Morgan fingerprint density at radius 3 is 1.63 bits per heavy atom. The predicted octanol–water partition coefficient (Wildman–Crippen LogP) is 8.03. The first-order valence-electron chi connectivity index (χ1n) is 12.2. The van der Waals surface area contributed by atoms with Gasteiger partial charge in [0.15, 0.2) is 11.5 Å². The van der Waals surface area contributed by atoms with E-state index in [9.17, 15) is 4.79 Å². The largest absolute Gasteiger partial charge is 0.493 e. The lowest BCUT2D eigenvalue weighted by atomic mass is 10.0. The average molecular weight is 421 g/mol. The third-order valence-electron chi connectivity index (χ3n) is 5.67. The Balaban J connectivity index is 1.91. The summed E-state index contributed by atoms with van der Waals surface area (Å²) < 4.78 is 11.0. The summed E-state index contributed by atoms with van der Waals surface area (Å²) in [5, 5.41) is 9.03. The number of aromatic carboxylic acids is 1. The Morgan fingerprint density at radius 2 is 1.20 bits per heavy atom. The van der Waals surface area contributed by atoms with Crippen LogP contribution in [0.1, 0.15) is 120 Å². The molecule has 1 rings (SSSR count). The van der Waals surface area contributed by atoms with Crippen molar-refractivity contribution < 1.29 is 19.4 Å². The molecule has 1 aromatic rings. The molecule has 0 aliphatic rings. The number of carboxylic acid groups (broad SMARTS) is 1. The van der Waals surface area contributed by atoms with E-state index in [2.05, 4.69) is 6.92 Å². The lowest BCUT2D eigenvalue weighted by Gasteiger charge is -2.11. The monoisotopic (exact) mass is 420 g/mol. The summed E-state index contributed by atoms with van der Waals surface area (Å²) in [4.78, 5) is 11.0. The van der Waals surface area contributed by atoms with Crippen LogP contribution in [-0.4, -0.2) is 24.8 Å². The van der Waals surface area contributed by atoms with Crippen molar-refractivity contribution in [3.05, 3.63) is 23.8 Å². The van der Waals surface area contributed by atoms with E-state index >= 15 is 0 Å². The number of carbonyl (C=O) groups is 1. The van der Waals surface area contributed by atoms with Crippen LogP contribution in [0.4, 0.5) is 0 Å². The van der Waals surface area contributed by atoms with Crippen LogP contribution in [0, 0.1) is 0 Å². The average Bonchev–Trinajstić information content (AvgIpc) is 2.75. The van der Waals surface area contributed by atoms with Crippen LogP contribution in [0.5, 0.6) is 11.5 Å². The van der Waals surface area contributed by atoms with Gasteiger partial charge in [-0.05, 0) is 24.6 Å². The summed E-state index contributed by atoms with van der Waals surface area (Å²) >= 11 is 0. The standard InChI is InChI=1S/C26H44O4/c1-3-4-5-6-7-8-9-10-11-12-13-14-15-16-17-18-21-30-24-20-19-23(26(27)28)22-25(24)29-2/h19-20,22H,3-18,21H2,1-2H3,(H,27,28). The van der Waals surface area contributed by atoms with Gasteiger partial charge >= 0.3 is 5.97 Å². The number of ether oxygens (including phenoxy) is 2. The molecule has 4 heteroatoms. The second-order valence-electron chi connectivity index (χ2n) is 8.32. The lowest BCUT2D eigenvalue weighted by Crippen LogP contribution is -2.02. The Kier molecular flexibility index (Phi) is 15.9. The molecule has 0 spiro atoms. The van der Waals surface area contributed by atoms with Crippen LogP contribution >= 0.6 is 0 Å². The SMILES string of the molecule is CCCCCCCCCCCCCCCCCCOc1ccc(C(=O)O)cc1OC. The number of hydrogen-bond acceptors (Lipinski definition) is 3. The van der Waals surface area contributed by atoms with Crippen LogP contribution in [0.15, 0.2) is 18.2 Å². The van der Waals surface area contributed by atoms with Crippen molar-refractivity contribution in [1.82, 2.24) is 0 Å². The van der Waals surface area contributed by atoms with E-state index in [4.69, 9.17) is 14.6 Å². The predicted molar refractivity (Wildman–Crippen MR) is 125 cm³/mol. The molecule has 172 valence electrons. The first-order valence-corrected chi connectivity index (χ1v) is 12.2. The van der Waals surface area contributed by atoms with Crippen LogP contribution in [-0.2, 0) is 0 Å². The Bertz CT molecular complexity index is 556. The third kappa shape index (κ3) is 12.8. The quantitative estimate of drug-likeness (QED) is 0.217. The molecule has 0 unspecified atom stereocenters. The first kappa shape index (κ1) is 26.3. The number of methoxy groups -OCH3 is 1. The zero-order valence-corrected chi connectivity index (χ0v) is 19.4. The molecule has 0 saturated heterocycles. The fourth-order valence-corrected chi connectivity index (χ4v) is 3.75. The fourth-order valence-electron chi connectivity index (χ4n) is 3.75. The number of hydrogen-bond donors (Lipinski definition) is 1. The van der Waals surface area contributed by atoms with Crippen LogP contribution < -0.4 is 9.47 Å². The summed E-state index contributed by atoms with van der Waals surface area (Å²) in [7, 11) is 1.53. The van der Waals surface area contributed by atoms with Gasteiger partial charge in [0.2, 0.25) is 0 Å². The van der Waals surface area contributed by atoms with E-state index in [-0.39, 0.29) is 5.56 Å². The Morgan fingerprint density at radius 1 is 0.733 bits per heavy atom. The van der Waals surface area contributed by atoms with Crippen molar-refractivity contribution in [2.45, 2.75) is 110 Å². The van der Waals surface area contributed by atoms with Gasteiger partial charge in [0.05, 0.1) is 19.3 Å². The van der Waals surface area contributed by atoms with Gasteiger partial charge in [0.1, 0.15) is 0 Å². The molecule has 0 atom stereocenters. The minimum Gasteiger partial charge on any atom is -0.493 e. The van der Waals surface area contributed by atoms with Gasteiger partial charge < -0.3 is 14.6 Å². The van der Waals surface area contributed by atoms with Crippen molar-refractivity contribution in [3.8, 4) is 11.5 Å². The summed E-state index contributed by atoms with van der Waals surface area (Å²) in [6.07, 6.45) is 21.6. The second kappa shape index (κ2) is 18.1. The number of carboxylic acids is 1. The maximum absolute atomic E-state index is 11.0. The number of unbranched alkanes of at least 4 members (excludes halogenated alkanes) is 15. The molecule has 0 saturated carbocycles. The highest BCUT2D eigenvalue weighted by Gasteiger charge is 2.09. The smallest absolute Gasteiger partial charge is 0.335 e. The second-order valence-corrected chi connectivity index (χ2v) is 8.32. The maximum Gasteiger partial charge on any atom is 0.335 e. The summed E-state index contributed by atoms with van der Waals surface area (Å²) in [6, 6.07) is 4.73. The van der Waals surface area contributed by atoms with E-state index in [1.807, 2.05) is 0 Å². The molecule has 0 radical (unpaired) electrons. The van der Waals surface area contributed by atoms with Gasteiger partial charge in [-0.15, -0.1) is 0 Å². The van der Waals surface area contributed by atoms with Gasteiger partial charge in [0.25, 0.3) is 0 Å². The molecule has 0 fully saturated rings. The van der Waals surface area contributed by atoms with Crippen LogP contribution in [0.3, 0.4) is 0 Å². The van der Waals surface area contributed by atoms with E-state index < -0.39 is 5.97 Å². The highest BCUT2D eigenvalue weighted by atomic mass is 16.5. The van der Waals surface area contributed by atoms with E-state index in [1.165, 1.54) is 109 Å². The fraction of sp³-hybridized carbons (Fsp3) is 0.731. The highest BCUT2D eigenvalue weighted by Crippen LogP contribution is 2.28. The van der Waals surface area contributed by atoms with Gasteiger partial charge in [-0.25, -0.2) is 4.79 Å². The van der Waals surface area contributed by atoms with E-state index in [0.717, 1.165) is 6.42 Å². The topological polar surface area (TPSA) is 55.8 Å². The molecule has 0 aliphatic carbocycles. The molecule has 1 aromatic carbocycles. The van der Waals surface area contributed by atoms with Gasteiger partial charge in [0, 0.05) is 0 Å². The Labute approximate surface area is 184 Å². The van der Waals surface area contributed by atoms with Gasteiger partial charge in [-0.1, -0.05) is 103 Å². The van der Waals surface area contributed by atoms with Crippen molar-refractivity contribution in [1.29, 1.82) is 0 Å². The number of rotatable bonds is 20. The Hall–Kier alpha value is -1.71. The number of benzene rings is 1. The molecule has 0 aromatic heterocycles. The summed E-state index contributed by atoms with van der Waals surface area (Å²) in [5.41, 5.74) is 0.210. The lowest BCUT2D eigenvalue weighted by molar-refractivity contribution is 0.0696. The van der Waals surface area contributed by atoms with E-state index in [1.54, 1.807) is 12.1 Å². The molecule has 4 nitrogen and oxygen atoms in total. The van der Waals surface area contributed by atoms with Crippen LogP contribution in [0.2, 0.25) is 0 Å². The zero-order chi connectivity index (χ0) is 21.9. The van der Waals surface area contributed by atoms with Crippen LogP contribution in [0.25, 0.3) is 0 Å². The highest BCUT2D eigenvalue weighted by molar-refractivity contribution is 5.88. The normalized spacial score (nSPS) is 10.9. The minimum absolute atomic E-state index is 0.210. The molecule has 30 heavy (non-hydrogen) atoms. The molecule has 0 bridgehead atoms. The minimum atomic E-state index is -0.961. The van der Waals surface area contributed by atoms with Crippen molar-refractivity contribution in [2.24, 2.45) is 0 Å². The zero-order valence-electron chi connectivity index (χ0n) is 19.4. The molecule has 0 heterocycles. The third-order valence-corrected chi connectivity index (χ3v) is 5.67. The maximum atomic E-state index is 11.0. The molecule has 0 amide bonds. The van der Waals surface area contributed by atoms with Crippen molar-refractivity contribution >= 4 is 5.97 Å². The van der Waals surface area contributed by atoms with Gasteiger partial charge in [-0.2, -0.15) is 0 Å². The summed E-state index contributed by atoms with van der Waals surface area (Å²) in [6.45, 7) is 2.92. The van der Waals surface area contributed by atoms with Gasteiger partial charge in [-0.3, -0.25) is 0 Å². The van der Waals surface area contributed by atoms with Crippen molar-refractivity contribution in [3.63, 3.8) is 0 Å². The van der Waals surface area contributed by atoms with E-state index in [0.29, 0.717) is 18.1 Å². The van der Waals surface area contributed by atoms with Crippen molar-refractivity contribution in [2.75, 3.05) is 13.7 Å². The molecular formula is C26H44O4. The summed E-state index contributed by atoms with van der Waals surface area (Å²) in [5.74, 6) is 0.132. The molecule has 1 N–H and O–H groups in total. The molecule has 0 aliphatic heterocycles.